The highest BCUT2D eigenvalue weighted by molar-refractivity contribution is 6.30. The van der Waals surface area contributed by atoms with Crippen LogP contribution < -0.4 is 10.6 Å². The monoisotopic (exact) mass is 469 g/mol. The average Bonchev–Trinajstić information content (AvgIpc) is 3.32. The second-order valence-electron chi connectivity index (χ2n) is 7.91. The summed E-state index contributed by atoms with van der Waals surface area (Å²) in [5.41, 5.74) is 3.51. The Labute approximate surface area is 200 Å². The topological polar surface area (TPSA) is 99.2 Å². The van der Waals surface area contributed by atoms with Crippen LogP contribution in [0.1, 0.15) is 22.8 Å². The van der Waals surface area contributed by atoms with E-state index in [4.69, 9.17) is 11.6 Å². The van der Waals surface area contributed by atoms with E-state index in [0.29, 0.717) is 27.8 Å². The lowest BCUT2D eigenvalue weighted by Gasteiger charge is -2.26. The van der Waals surface area contributed by atoms with Crippen LogP contribution in [0.4, 0.5) is 5.69 Å². The van der Waals surface area contributed by atoms with Gasteiger partial charge in [-0.2, -0.15) is 5.10 Å². The molecule has 1 atom stereocenters. The number of benzene rings is 3. The number of halogens is 1. The quantitative estimate of drug-likeness (QED) is 0.368. The van der Waals surface area contributed by atoms with Crippen LogP contribution in [-0.2, 0) is 4.79 Å². The number of H-pyrrole nitrogens is 1. The molecule has 0 saturated carbocycles. The lowest BCUT2D eigenvalue weighted by molar-refractivity contribution is -0.113. The number of nitrogens with zero attached hydrogens (tertiary/aromatic N) is 2. The van der Waals surface area contributed by atoms with Crippen molar-refractivity contribution in [3.05, 3.63) is 106 Å². The zero-order valence-electron chi connectivity index (χ0n) is 18.2. The molecule has 2 heterocycles. The molecule has 0 spiro atoms. The van der Waals surface area contributed by atoms with Crippen LogP contribution in [-0.4, -0.2) is 33.8 Å². The molecule has 1 aliphatic rings. The van der Waals surface area contributed by atoms with E-state index in [1.165, 1.54) is 0 Å². The van der Waals surface area contributed by atoms with Gasteiger partial charge < -0.3 is 10.6 Å². The zero-order chi connectivity index (χ0) is 23.7. The maximum Gasteiger partial charge on any atom is 0.256 e. The summed E-state index contributed by atoms with van der Waals surface area (Å²) in [6, 6.07) is 20.4. The van der Waals surface area contributed by atoms with Crippen LogP contribution in [0.25, 0.3) is 10.9 Å². The number of hydrogen-bond acceptors (Lipinski definition) is 5. The first-order valence-electron chi connectivity index (χ1n) is 10.6. The van der Waals surface area contributed by atoms with Crippen molar-refractivity contribution in [2.24, 2.45) is 4.99 Å². The number of carbonyl (C=O) groups is 2. The van der Waals surface area contributed by atoms with Crippen LogP contribution in [0.3, 0.4) is 0 Å². The molecular weight excluding hydrogens is 450 g/mol. The number of aliphatic imine (C=N–C) groups is 1. The molecule has 4 aromatic rings. The number of nitrogens with one attached hydrogen (secondary N) is 3. The van der Waals surface area contributed by atoms with Gasteiger partial charge >= 0.3 is 0 Å². The van der Waals surface area contributed by atoms with E-state index in [9.17, 15) is 9.59 Å². The van der Waals surface area contributed by atoms with Crippen LogP contribution in [0.15, 0.2) is 95.3 Å². The summed E-state index contributed by atoms with van der Waals surface area (Å²) in [7, 11) is 0. The third-order valence-corrected chi connectivity index (χ3v) is 5.86. The number of anilines is 1. The number of aromatic nitrogens is 2. The van der Waals surface area contributed by atoms with Crippen LogP contribution in [0.2, 0.25) is 5.02 Å². The Balaban J connectivity index is 1.51. The first-order valence-corrected chi connectivity index (χ1v) is 11.0. The summed E-state index contributed by atoms with van der Waals surface area (Å²) in [6.07, 6.45) is 1.68. The third-order valence-electron chi connectivity index (χ3n) is 5.61. The number of Topliss-reactive ketones (excluding diaryl/α,β-unsaturated/α-hetero) is 1. The molecule has 1 aliphatic heterocycles. The Morgan fingerprint density at radius 2 is 1.76 bits per heavy atom. The molecule has 0 saturated heterocycles. The lowest BCUT2D eigenvalue weighted by atomic mass is 9.93. The molecule has 168 valence electrons. The molecule has 0 radical (unpaired) electrons. The third kappa shape index (κ3) is 4.21. The molecule has 0 fully saturated rings. The smallest absolute Gasteiger partial charge is 0.256 e. The van der Waals surface area contributed by atoms with Gasteiger partial charge in [-0.1, -0.05) is 41.9 Å². The SMILES string of the molecule is CC1=C(C(=O)Nc2ccc3[nH]ncc3c2)C(C(=O)c2ccccc2)N=C(c2ccc(Cl)cc2)N1. The van der Waals surface area contributed by atoms with Gasteiger partial charge in [-0.3, -0.25) is 19.7 Å². The van der Waals surface area contributed by atoms with Gasteiger partial charge in [0.05, 0.1) is 17.3 Å². The highest BCUT2D eigenvalue weighted by atomic mass is 35.5. The Hall–Kier alpha value is -4.23. The van der Waals surface area contributed by atoms with Crippen LogP contribution in [0, 0.1) is 0 Å². The molecule has 3 aromatic carbocycles. The van der Waals surface area contributed by atoms with Crippen molar-refractivity contribution in [2.45, 2.75) is 13.0 Å². The van der Waals surface area contributed by atoms with Crippen molar-refractivity contribution in [2.75, 3.05) is 5.32 Å². The number of fused-ring (bicyclic) bond motifs is 1. The number of ketones is 1. The molecule has 1 unspecified atom stereocenters. The average molecular weight is 470 g/mol. The van der Waals surface area contributed by atoms with E-state index in [1.54, 1.807) is 55.6 Å². The second kappa shape index (κ2) is 8.96. The van der Waals surface area contributed by atoms with Crippen LogP contribution >= 0.6 is 11.6 Å². The number of rotatable bonds is 5. The van der Waals surface area contributed by atoms with E-state index >= 15 is 0 Å². The molecule has 1 amide bonds. The summed E-state index contributed by atoms with van der Waals surface area (Å²) < 4.78 is 0. The minimum absolute atomic E-state index is 0.261. The Morgan fingerprint density at radius 3 is 2.53 bits per heavy atom. The summed E-state index contributed by atoms with van der Waals surface area (Å²) in [4.78, 5) is 31.6. The zero-order valence-corrected chi connectivity index (χ0v) is 18.9. The molecule has 7 nitrogen and oxygen atoms in total. The molecule has 0 aliphatic carbocycles. The van der Waals surface area contributed by atoms with Gasteiger partial charge in [0.25, 0.3) is 5.91 Å². The van der Waals surface area contributed by atoms with Crippen molar-refractivity contribution in [3.8, 4) is 0 Å². The van der Waals surface area contributed by atoms with Crippen molar-refractivity contribution in [1.29, 1.82) is 0 Å². The fourth-order valence-corrected chi connectivity index (χ4v) is 4.02. The van der Waals surface area contributed by atoms with Gasteiger partial charge in [0.1, 0.15) is 11.9 Å². The maximum absolute atomic E-state index is 13.5. The van der Waals surface area contributed by atoms with Crippen molar-refractivity contribution >= 4 is 45.7 Å². The normalized spacial score (nSPS) is 15.6. The minimum Gasteiger partial charge on any atom is -0.343 e. The fourth-order valence-electron chi connectivity index (χ4n) is 3.89. The fraction of sp³-hybridized carbons (Fsp3) is 0.0769. The van der Waals surface area contributed by atoms with Gasteiger partial charge in [0, 0.05) is 32.9 Å². The summed E-state index contributed by atoms with van der Waals surface area (Å²) in [6.45, 7) is 1.77. The number of allylic oxidation sites excluding steroid dienone is 1. The van der Waals surface area contributed by atoms with Crippen molar-refractivity contribution in [3.63, 3.8) is 0 Å². The Bertz CT molecular complexity index is 1460. The van der Waals surface area contributed by atoms with Gasteiger partial charge in [-0.05, 0) is 49.4 Å². The van der Waals surface area contributed by atoms with Gasteiger partial charge in [0.2, 0.25) is 0 Å². The van der Waals surface area contributed by atoms with Gasteiger partial charge in [-0.15, -0.1) is 0 Å². The number of amides is 1. The highest BCUT2D eigenvalue weighted by Gasteiger charge is 2.34. The largest absolute Gasteiger partial charge is 0.343 e. The molecule has 8 heteroatoms. The van der Waals surface area contributed by atoms with Gasteiger partial charge in [-0.25, -0.2) is 0 Å². The van der Waals surface area contributed by atoms with E-state index in [2.05, 4.69) is 25.8 Å². The molecular formula is C26H20ClN5O2. The highest BCUT2D eigenvalue weighted by Crippen LogP contribution is 2.25. The molecule has 1 aromatic heterocycles. The number of aromatic amines is 1. The van der Waals surface area contributed by atoms with Crippen molar-refractivity contribution in [1.82, 2.24) is 15.5 Å². The summed E-state index contributed by atoms with van der Waals surface area (Å²) >= 11 is 6.03. The lowest BCUT2D eigenvalue weighted by Crippen LogP contribution is -2.40. The number of carbonyl (C=O) groups excluding carboxylic acids is 2. The van der Waals surface area contributed by atoms with Crippen LogP contribution in [0.5, 0.6) is 0 Å². The standard InChI is InChI=1S/C26H20ClN5O2/c1-15-22(26(34)30-20-11-12-21-18(13-20)14-28-32-21)23(24(33)16-5-3-2-4-6-16)31-25(29-15)17-7-9-19(27)10-8-17/h2-14,23H,1H3,(H,28,32)(H,29,31)(H,30,34). The first-order chi connectivity index (χ1) is 16.5. The number of hydrogen-bond donors (Lipinski definition) is 3. The molecule has 3 N–H and O–H groups in total. The van der Waals surface area contributed by atoms with E-state index in [0.717, 1.165) is 16.5 Å². The van der Waals surface area contributed by atoms with E-state index in [1.807, 2.05) is 30.3 Å². The second-order valence-corrected chi connectivity index (χ2v) is 8.34. The molecule has 34 heavy (non-hydrogen) atoms. The number of amidine groups is 1. The molecule has 5 rings (SSSR count). The summed E-state index contributed by atoms with van der Waals surface area (Å²) in [5, 5.41) is 14.4. The van der Waals surface area contributed by atoms with Crippen molar-refractivity contribution < 1.29 is 9.59 Å². The minimum atomic E-state index is -1.01. The van der Waals surface area contributed by atoms with Gasteiger partial charge in [0.15, 0.2) is 5.78 Å². The maximum atomic E-state index is 13.5. The molecule has 0 bridgehead atoms. The predicted molar refractivity (Wildman–Crippen MR) is 133 cm³/mol. The Kier molecular flexibility index (Phi) is 5.69. The van der Waals surface area contributed by atoms with E-state index in [-0.39, 0.29) is 11.4 Å². The van der Waals surface area contributed by atoms with E-state index < -0.39 is 11.9 Å². The Morgan fingerprint density at radius 1 is 1.00 bits per heavy atom. The summed E-state index contributed by atoms with van der Waals surface area (Å²) in [5.74, 6) is -0.163. The first kappa shape index (κ1) is 21.6. The predicted octanol–water partition coefficient (Wildman–Crippen LogP) is 4.73.